The Balaban J connectivity index is 1.44. The molecule has 0 saturated carbocycles. The first kappa shape index (κ1) is 30.7. The minimum absolute atomic E-state index is 0.0318. The van der Waals surface area contributed by atoms with Crippen molar-refractivity contribution in [2.24, 2.45) is 0 Å². The molecule has 4 rings (SSSR count). The van der Waals surface area contributed by atoms with Gasteiger partial charge in [0.05, 0.1) is 42.5 Å². The van der Waals surface area contributed by atoms with Crippen LogP contribution >= 0.6 is 11.6 Å². The SMILES string of the molecule is CCS(=O)(=O)c1ccc([C@H](CO)NC(=O)c2ccc(N3CC(Oc4ccc(Cl)cc4)C[C@H]3COC(F)F)cc2)cc1. The number of sulfone groups is 1. The van der Waals surface area contributed by atoms with E-state index in [0.717, 1.165) is 0 Å². The Bertz CT molecular complexity index is 1410. The fraction of sp³-hybridized carbons (Fsp3) is 0.345. The Morgan fingerprint density at radius 3 is 2.32 bits per heavy atom. The zero-order chi connectivity index (χ0) is 29.6. The maximum Gasteiger partial charge on any atom is 0.345 e. The summed E-state index contributed by atoms with van der Waals surface area (Å²) >= 11 is 5.94. The molecule has 0 aliphatic carbocycles. The van der Waals surface area contributed by atoms with Crippen molar-refractivity contribution in [3.8, 4) is 5.75 Å². The first-order valence-corrected chi connectivity index (χ1v) is 15.1. The number of carbonyl (C=O) groups is 1. The number of nitrogens with zero attached hydrogens (tertiary/aromatic N) is 1. The van der Waals surface area contributed by atoms with Gasteiger partial charge in [-0.15, -0.1) is 0 Å². The van der Waals surface area contributed by atoms with Crippen molar-refractivity contribution in [1.29, 1.82) is 0 Å². The molecule has 1 fully saturated rings. The lowest BCUT2D eigenvalue weighted by atomic mass is 10.1. The monoisotopic (exact) mass is 608 g/mol. The molecule has 3 atom stereocenters. The molecule has 1 aliphatic rings. The molecule has 1 heterocycles. The molecule has 0 bridgehead atoms. The normalized spacial score (nSPS) is 18.0. The van der Waals surface area contributed by atoms with Crippen molar-refractivity contribution in [3.63, 3.8) is 0 Å². The van der Waals surface area contributed by atoms with Crippen molar-refractivity contribution in [3.05, 3.63) is 88.9 Å². The maximum atomic E-state index is 12.9. The summed E-state index contributed by atoms with van der Waals surface area (Å²) < 4.78 is 60.4. The molecule has 1 saturated heterocycles. The van der Waals surface area contributed by atoms with Gasteiger partial charge in [-0.3, -0.25) is 4.79 Å². The van der Waals surface area contributed by atoms with Crippen LogP contribution in [0.3, 0.4) is 0 Å². The zero-order valence-corrected chi connectivity index (χ0v) is 23.8. The predicted molar refractivity (Wildman–Crippen MR) is 151 cm³/mol. The van der Waals surface area contributed by atoms with E-state index in [1.165, 1.54) is 12.1 Å². The Labute approximate surface area is 242 Å². The molecule has 1 amide bonds. The summed E-state index contributed by atoms with van der Waals surface area (Å²) in [6.45, 7) is -1.51. The molecule has 0 aromatic heterocycles. The number of rotatable bonds is 12. The van der Waals surface area contributed by atoms with E-state index in [-0.39, 0.29) is 29.4 Å². The van der Waals surface area contributed by atoms with Crippen LogP contribution in [-0.4, -0.2) is 63.7 Å². The van der Waals surface area contributed by atoms with E-state index in [4.69, 9.17) is 16.3 Å². The largest absolute Gasteiger partial charge is 0.489 e. The van der Waals surface area contributed by atoms with Gasteiger partial charge in [-0.05, 0) is 66.2 Å². The lowest BCUT2D eigenvalue weighted by Gasteiger charge is -2.26. The highest BCUT2D eigenvalue weighted by Crippen LogP contribution is 2.30. The molecule has 0 spiro atoms. The average Bonchev–Trinajstić information content (AvgIpc) is 3.38. The van der Waals surface area contributed by atoms with E-state index in [2.05, 4.69) is 10.1 Å². The van der Waals surface area contributed by atoms with Gasteiger partial charge in [-0.2, -0.15) is 8.78 Å². The van der Waals surface area contributed by atoms with Crippen LogP contribution in [0.4, 0.5) is 14.5 Å². The first-order valence-electron chi connectivity index (χ1n) is 13.0. The summed E-state index contributed by atoms with van der Waals surface area (Å²) in [5.74, 6) is 0.140. The number of anilines is 1. The zero-order valence-electron chi connectivity index (χ0n) is 22.3. The molecule has 3 aromatic rings. The average molecular weight is 609 g/mol. The summed E-state index contributed by atoms with van der Waals surface area (Å²) in [5.41, 5.74) is 1.59. The third kappa shape index (κ3) is 7.94. The Morgan fingerprint density at radius 2 is 1.73 bits per heavy atom. The van der Waals surface area contributed by atoms with Gasteiger partial charge in [-0.25, -0.2) is 8.42 Å². The molecule has 3 aromatic carbocycles. The van der Waals surface area contributed by atoms with Crippen LogP contribution in [0.1, 0.15) is 35.3 Å². The third-order valence-electron chi connectivity index (χ3n) is 6.88. The van der Waals surface area contributed by atoms with Gasteiger partial charge < -0.3 is 24.8 Å². The number of nitrogens with one attached hydrogen (secondary N) is 1. The van der Waals surface area contributed by atoms with Gasteiger partial charge in [0.1, 0.15) is 11.9 Å². The molecule has 0 radical (unpaired) electrons. The van der Waals surface area contributed by atoms with Gasteiger partial charge in [0.15, 0.2) is 9.84 Å². The first-order chi connectivity index (χ1) is 19.6. The van der Waals surface area contributed by atoms with Crippen molar-refractivity contribution < 1.29 is 36.6 Å². The van der Waals surface area contributed by atoms with Crippen LogP contribution in [-0.2, 0) is 14.6 Å². The minimum atomic E-state index is -3.37. The van der Waals surface area contributed by atoms with Gasteiger partial charge in [0, 0.05) is 22.7 Å². The fourth-order valence-electron chi connectivity index (χ4n) is 4.68. The highest BCUT2D eigenvalue weighted by Gasteiger charge is 2.34. The number of halogens is 3. The standard InChI is InChI=1S/C29H31ClF2N2O6S/c1-2-41(37,38)26-13-5-19(6-14-26)27(17-35)33-28(36)20-3-9-22(10-4-20)34-16-25(15-23(34)18-39-29(31)32)40-24-11-7-21(30)8-12-24/h3-14,23,25,27,29,35H,2,15-18H2,1H3,(H,33,36)/t23-,25?,27-/m0/s1. The van der Waals surface area contributed by atoms with Crippen molar-refractivity contribution in [2.75, 3.05) is 30.4 Å². The number of ether oxygens (including phenoxy) is 2. The number of hydrogen-bond donors (Lipinski definition) is 2. The molecule has 1 unspecified atom stereocenters. The highest BCUT2D eigenvalue weighted by atomic mass is 35.5. The lowest BCUT2D eigenvalue weighted by molar-refractivity contribution is -0.131. The van der Waals surface area contributed by atoms with Crippen molar-refractivity contribution in [1.82, 2.24) is 5.32 Å². The quantitative estimate of drug-likeness (QED) is 0.302. The number of hydrogen-bond acceptors (Lipinski definition) is 7. The number of aliphatic hydroxyl groups is 1. The van der Waals surface area contributed by atoms with Gasteiger partial charge in [0.2, 0.25) is 0 Å². The summed E-state index contributed by atoms with van der Waals surface area (Å²) in [7, 11) is -3.37. The number of benzene rings is 3. The second-order valence-corrected chi connectivity index (χ2v) is 12.3. The van der Waals surface area contributed by atoms with Gasteiger partial charge in [0.25, 0.3) is 5.91 Å². The van der Waals surface area contributed by atoms with E-state index in [0.29, 0.717) is 40.6 Å². The van der Waals surface area contributed by atoms with Crippen molar-refractivity contribution >= 4 is 33.0 Å². The smallest absolute Gasteiger partial charge is 0.345 e. The topological polar surface area (TPSA) is 105 Å². The molecular formula is C29H31ClF2N2O6S. The summed E-state index contributed by atoms with van der Waals surface area (Å²) in [6, 6.07) is 18.4. The van der Waals surface area contributed by atoms with Crippen molar-refractivity contribution in [2.45, 2.75) is 43.0 Å². The molecule has 1 aliphatic heterocycles. The van der Waals surface area contributed by atoms with E-state index >= 15 is 0 Å². The Hall–Kier alpha value is -3.25. The number of aliphatic hydroxyl groups excluding tert-OH is 1. The van der Waals surface area contributed by atoms with Crippen LogP contribution in [0, 0.1) is 0 Å². The molecule has 8 nitrogen and oxygen atoms in total. The third-order valence-corrected chi connectivity index (χ3v) is 8.88. The maximum absolute atomic E-state index is 12.9. The number of carbonyl (C=O) groups excluding carboxylic acids is 1. The number of alkyl halides is 2. The second kappa shape index (κ2) is 13.6. The van der Waals surface area contributed by atoms with Crippen LogP contribution in [0.25, 0.3) is 0 Å². The molecule has 2 N–H and O–H groups in total. The second-order valence-electron chi connectivity index (χ2n) is 9.56. The Morgan fingerprint density at radius 1 is 1.07 bits per heavy atom. The van der Waals surface area contributed by atoms with Gasteiger partial charge >= 0.3 is 6.61 Å². The highest BCUT2D eigenvalue weighted by molar-refractivity contribution is 7.91. The minimum Gasteiger partial charge on any atom is -0.489 e. The van der Waals surface area contributed by atoms with E-state index in [1.54, 1.807) is 67.6 Å². The fourth-order valence-corrected chi connectivity index (χ4v) is 5.69. The van der Waals surface area contributed by atoms with Gasteiger partial charge in [-0.1, -0.05) is 30.7 Å². The predicted octanol–water partition coefficient (Wildman–Crippen LogP) is 4.86. The van der Waals surface area contributed by atoms with Crippen LogP contribution in [0.5, 0.6) is 5.75 Å². The molecule has 220 valence electrons. The summed E-state index contributed by atoms with van der Waals surface area (Å²) in [4.78, 5) is 15.0. The summed E-state index contributed by atoms with van der Waals surface area (Å²) in [6.07, 6.45) is 0.170. The summed E-state index contributed by atoms with van der Waals surface area (Å²) in [5, 5.41) is 13.2. The Kier molecular flexibility index (Phi) is 10.2. The molecule has 12 heteroatoms. The lowest BCUT2D eigenvalue weighted by Crippen LogP contribution is -2.34. The van der Waals surface area contributed by atoms with E-state index in [9.17, 15) is 27.1 Å². The number of amides is 1. The molecular weight excluding hydrogens is 578 g/mol. The van der Waals surface area contributed by atoms with Crippen LogP contribution in [0.2, 0.25) is 5.02 Å². The van der Waals surface area contributed by atoms with Crippen LogP contribution in [0.15, 0.2) is 77.7 Å². The van der Waals surface area contributed by atoms with E-state index < -0.39 is 35.0 Å². The molecule has 41 heavy (non-hydrogen) atoms. The van der Waals surface area contributed by atoms with E-state index in [1.807, 2.05) is 4.90 Å². The van der Waals surface area contributed by atoms with Crippen LogP contribution < -0.4 is 15.0 Å².